The lowest BCUT2D eigenvalue weighted by Gasteiger charge is -2.31. The van der Waals surface area contributed by atoms with E-state index >= 15 is 0 Å². The van der Waals surface area contributed by atoms with E-state index in [1.807, 2.05) is 24.9 Å². The Kier molecular flexibility index (Phi) is 5.03. The molecule has 146 valence electrons. The topological polar surface area (TPSA) is 75.0 Å². The third-order valence-electron chi connectivity index (χ3n) is 5.63. The number of piperidine rings is 1. The van der Waals surface area contributed by atoms with Crippen LogP contribution < -0.4 is 0 Å². The summed E-state index contributed by atoms with van der Waals surface area (Å²) in [5, 5.41) is 7.53. The number of aromatic nitrogens is 3. The minimum Gasteiger partial charge on any atom is -0.435 e. The normalized spacial score (nSPS) is 15.2. The number of rotatable bonds is 4. The van der Waals surface area contributed by atoms with E-state index in [1.165, 1.54) is 22.4 Å². The summed E-state index contributed by atoms with van der Waals surface area (Å²) in [6.45, 7) is 7.34. The molecule has 1 N–H and O–H groups in total. The van der Waals surface area contributed by atoms with Crippen LogP contribution in [0.1, 0.15) is 59.1 Å². The molecular weight excluding hydrogens is 352 g/mol. The highest BCUT2D eigenvalue weighted by atomic mass is 16.4. The fraction of sp³-hybridized carbons (Fsp3) is 0.409. The third-order valence-corrected chi connectivity index (χ3v) is 5.63. The second-order valence-electron chi connectivity index (χ2n) is 7.45. The van der Waals surface area contributed by atoms with Gasteiger partial charge < -0.3 is 9.32 Å². The molecule has 28 heavy (non-hydrogen) atoms. The van der Waals surface area contributed by atoms with Crippen LogP contribution in [0.3, 0.4) is 0 Å². The SMILES string of the molecule is CCc1nc(C)c(C(=O)N2CCC(c3[nH]ncc3-c3ccccc3C)CC2)o1. The van der Waals surface area contributed by atoms with Crippen LogP contribution in [0.4, 0.5) is 0 Å². The van der Waals surface area contributed by atoms with Crippen molar-refractivity contribution in [1.29, 1.82) is 0 Å². The zero-order chi connectivity index (χ0) is 19.7. The number of hydrogen-bond acceptors (Lipinski definition) is 4. The molecule has 3 aromatic rings. The number of oxazole rings is 1. The average Bonchev–Trinajstić information content (AvgIpc) is 3.34. The van der Waals surface area contributed by atoms with Gasteiger partial charge in [-0.15, -0.1) is 0 Å². The Balaban J connectivity index is 1.48. The molecule has 0 atom stereocenters. The zero-order valence-corrected chi connectivity index (χ0v) is 16.7. The van der Waals surface area contributed by atoms with E-state index in [2.05, 4.69) is 46.4 Å². The first-order valence-electron chi connectivity index (χ1n) is 9.93. The van der Waals surface area contributed by atoms with Crippen LogP contribution in [0.5, 0.6) is 0 Å². The largest absolute Gasteiger partial charge is 0.435 e. The van der Waals surface area contributed by atoms with Crippen LogP contribution in [0, 0.1) is 13.8 Å². The highest BCUT2D eigenvalue weighted by Gasteiger charge is 2.30. The lowest BCUT2D eigenvalue weighted by atomic mass is 9.88. The molecule has 1 fully saturated rings. The van der Waals surface area contributed by atoms with Gasteiger partial charge in [-0.05, 0) is 37.8 Å². The number of carbonyl (C=O) groups excluding carboxylic acids is 1. The van der Waals surface area contributed by atoms with Gasteiger partial charge in [0.2, 0.25) is 5.76 Å². The molecule has 1 aliphatic heterocycles. The molecule has 6 nitrogen and oxygen atoms in total. The van der Waals surface area contributed by atoms with Crippen molar-refractivity contribution >= 4 is 5.91 Å². The number of carbonyl (C=O) groups is 1. The van der Waals surface area contributed by atoms with Crippen molar-refractivity contribution in [1.82, 2.24) is 20.1 Å². The molecule has 1 aromatic carbocycles. The second-order valence-corrected chi connectivity index (χ2v) is 7.45. The maximum Gasteiger partial charge on any atom is 0.291 e. The molecule has 6 heteroatoms. The zero-order valence-electron chi connectivity index (χ0n) is 16.7. The number of likely N-dealkylation sites (tertiary alicyclic amines) is 1. The highest BCUT2D eigenvalue weighted by Crippen LogP contribution is 2.35. The summed E-state index contributed by atoms with van der Waals surface area (Å²) >= 11 is 0. The maximum atomic E-state index is 12.8. The molecule has 0 radical (unpaired) electrons. The summed E-state index contributed by atoms with van der Waals surface area (Å²) in [5.74, 6) is 1.32. The van der Waals surface area contributed by atoms with Crippen molar-refractivity contribution < 1.29 is 9.21 Å². The molecule has 0 spiro atoms. The van der Waals surface area contributed by atoms with Gasteiger partial charge in [0.1, 0.15) is 0 Å². The Bertz CT molecular complexity index is 980. The van der Waals surface area contributed by atoms with Gasteiger partial charge in [0.05, 0.1) is 11.9 Å². The van der Waals surface area contributed by atoms with Gasteiger partial charge in [-0.2, -0.15) is 5.10 Å². The van der Waals surface area contributed by atoms with E-state index < -0.39 is 0 Å². The molecule has 1 saturated heterocycles. The third kappa shape index (κ3) is 3.35. The molecule has 0 unspecified atom stereocenters. The van der Waals surface area contributed by atoms with Gasteiger partial charge in [0.15, 0.2) is 5.89 Å². The van der Waals surface area contributed by atoms with Gasteiger partial charge in [0, 0.05) is 36.7 Å². The summed E-state index contributed by atoms with van der Waals surface area (Å²) in [6.07, 6.45) is 4.41. The van der Waals surface area contributed by atoms with Gasteiger partial charge in [0.25, 0.3) is 5.91 Å². The number of hydrogen-bond donors (Lipinski definition) is 1. The number of nitrogens with one attached hydrogen (secondary N) is 1. The van der Waals surface area contributed by atoms with Crippen molar-refractivity contribution in [3.8, 4) is 11.1 Å². The fourth-order valence-electron chi connectivity index (χ4n) is 4.01. The van der Waals surface area contributed by atoms with Crippen LogP contribution >= 0.6 is 0 Å². The number of aromatic amines is 1. The summed E-state index contributed by atoms with van der Waals surface area (Å²) < 4.78 is 5.65. The number of nitrogens with zero attached hydrogens (tertiary/aromatic N) is 3. The van der Waals surface area contributed by atoms with Crippen molar-refractivity contribution in [3.63, 3.8) is 0 Å². The molecule has 1 aliphatic rings. The van der Waals surface area contributed by atoms with Crippen LogP contribution in [-0.2, 0) is 6.42 Å². The minimum atomic E-state index is -0.0492. The van der Waals surface area contributed by atoms with Crippen LogP contribution in [0.2, 0.25) is 0 Å². The van der Waals surface area contributed by atoms with Gasteiger partial charge >= 0.3 is 0 Å². The second kappa shape index (κ2) is 7.62. The van der Waals surface area contributed by atoms with E-state index in [4.69, 9.17) is 4.42 Å². The van der Waals surface area contributed by atoms with Crippen molar-refractivity contribution in [2.24, 2.45) is 0 Å². The summed E-state index contributed by atoms with van der Waals surface area (Å²) in [7, 11) is 0. The lowest BCUT2D eigenvalue weighted by molar-refractivity contribution is 0.0677. The van der Waals surface area contributed by atoms with E-state index in [1.54, 1.807) is 0 Å². The smallest absolute Gasteiger partial charge is 0.291 e. The Labute approximate surface area is 165 Å². The van der Waals surface area contributed by atoms with Crippen LogP contribution in [0.15, 0.2) is 34.9 Å². The molecule has 0 aliphatic carbocycles. The van der Waals surface area contributed by atoms with E-state index in [9.17, 15) is 4.79 Å². The Morgan fingerprint density at radius 1 is 1.21 bits per heavy atom. The Hall–Kier alpha value is -2.89. The van der Waals surface area contributed by atoms with Gasteiger partial charge in [-0.1, -0.05) is 31.2 Å². The number of H-pyrrole nitrogens is 1. The monoisotopic (exact) mass is 378 g/mol. The van der Waals surface area contributed by atoms with Crippen LogP contribution in [0.25, 0.3) is 11.1 Å². The number of benzene rings is 1. The summed E-state index contributed by atoms with van der Waals surface area (Å²) in [5.41, 5.74) is 5.48. The van der Waals surface area contributed by atoms with Crippen molar-refractivity contribution in [2.45, 2.75) is 46.0 Å². The maximum absolute atomic E-state index is 12.8. The van der Waals surface area contributed by atoms with E-state index in [0.29, 0.717) is 42.8 Å². The summed E-state index contributed by atoms with van der Waals surface area (Å²) in [4.78, 5) is 19.1. The Morgan fingerprint density at radius 2 is 1.96 bits per heavy atom. The van der Waals surface area contributed by atoms with Gasteiger partial charge in [-0.25, -0.2) is 4.98 Å². The van der Waals surface area contributed by atoms with Gasteiger partial charge in [-0.3, -0.25) is 9.89 Å². The summed E-state index contributed by atoms with van der Waals surface area (Å²) in [6, 6.07) is 8.38. The minimum absolute atomic E-state index is 0.0492. The fourth-order valence-corrected chi connectivity index (χ4v) is 4.01. The first-order valence-corrected chi connectivity index (χ1v) is 9.93. The Morgan fingerprint density at radius 3 is 2.64 bits per heavy atom. The number of amides is 1. The molecule has 2 aromatic heterocycles. The van der Waals surface area contributed by atoms with Crippen molar-refractivity contribution in [3.05, 3.63) is 59.1 Å². The standard InChI is InChI=1S/C22H26N4O2/c1-4-19-24-15(3)21(28-19)22(27)26-11-9-16(10-12-26)20-18(13-23-25-20)17-8-6-5-7-14(17)2/h5-8,13,16H,4,9-12H2,1-3H3,(H,23,25). The quantitative estimate of drug-likeness (QED) is 0.736. The first-order chi connectivity index (χ1) is 13.6. The first kappa shape index (κ1) is 18.5. The predicted octanol–water partition coefficient (Wildman–Crippen LogP) is 4.26. The average molecular weight is 378 g/mol. The number of aryl methyl sites for hydroxylation is 3. The van der Waals surface area contributed by atoms with E-state index in [-0.39, 0.29) is 5.91 Å². The molecule has 1 amide bonds. The van der Waals surface area contributed by atoms with Crippen molar-refractivity contribution in [2.75, 3.05) is 13.1 Å². The lowest BCUT2D eigenvalue weighted by Crippen LogP contribution is -2.38. The molecular formula is C22H26N4O2. The highest BCUT2D eigenvalue weighted by molar-refractivity contribution is 5.92. The predicted molar refractivity (Wildman–Crippen MR) is 107 cm³/mol. The molecule has 0 bridgehead atoms. The van der Waals surface area contributed by atoms with Crippen LogP contribution in [-0.4, -0.2) is 39.1 Å². The molecule has 4 rings (SSSR count). The molecule has 0 saturated carbocycles. The van der Waals surface area contributed by atoms with E-state index in [0.717, 1.165) is 12.8 Å². The molecule has 3 heterocycles.